The zero-order chi connectivity index (χ0) is 25.4. The van der Waals surface area contributed by atoms with Crippen LogP contribution in [0.15, 0.2) is 77.9 Å². The fourth-order valence-electron chi connectivity index (χ4n) is 3.81. The molecule has 0 unspecified atom stereocenters. The van der Waals surface area contributed by atoms with Crippen molar-refractivity contribution in [3.63, 3.8) is 0 Å². The van der Waals surface area contributed by atoms with E-state index in [2.05, 4.69) is 15.2 Å². The van der Waals surface area contributed by atoms with Gasteiger partial charge < -0.3 is 4.74 Å². The first kappa shape index (κ1) is 23.6. The molecule has 0 spiro atoms. The van der Waals surface area contributed by atoms with Gasteiger partial charge in [0.15, 0.2) is 5.65 Å². The summed E-state index contributed by atoms with van der Waals surface area (Å²) in [4.78, 5) is 16.6. The van der Waals surface area contributed by atoms with Gasteiger partial charge in [0, 0.05) is 22.3 Å². The Morgan fingerprint density at radius 3 is 2.25 bits per heavy atom. The quantitative estimate of drug-likeness (QED) is 0.318. The molecule has 36 heavy (non-hydrogen) atoms. The van der Waals surface area contributed by atoms with Crippen molar-refractivity contribution in [3.05, 3.63) is 99.8 Å². The zero-order valence-corrected chi connectivity index (χ0v) is 19.5. The number of aromatic nitrogens is 5. The van der Waals surface area contributed by atoms with Gasteiger partial charge in [-0.3, -0.25) is 4.98 Å². The monoisotopic (exact) mass is 511 g/mol. The highest BCUT2D eigenvalue weighted by molar-refractivity contribution is 6.30. The van der Waals surface area contributed by atoms with Crippen LogP contribution in [0.25, 0.3) is 27.9 Å². The number of benzene rings is 2. The molecule has 0 saturated carbocycles. The molecule has 0 N–H and O–H groups in total. The van der Waals surface area contributed by atoms with Crippen molar-refractivity contribution in [2.24, 2.45) is 0 Å². The number of nitrogens with zero attached hydrogens (tertiary/aromatic N) is 5. The van der Waals surface area contributed by atoms with E-state index in [9.17, 15) is 18.0 Å². The molecule has 0 amide bonds. The number of methoxy groups -OCH3 is 1. The SMILES string of the molecule is COc1ccc(-c2c(-c3ccc(Cl)cc3)cnn3c(=O)n(Cc4ccc(C(F)(F)F)nc4)nc23)cc1. The van der Waals surface area contributed by atoms with E-state index in [4.69, 9.17) is 16.3 Å². The van der Waals surface area contributed by atoms with E-state index in [1.165, 1.54) is 6.07 Å². The lowest BCUT2D eigenvalue weighted by atomic mass is 9.97. The Balaban J connectivity index is 1.65. The number of ether oxygens (including phenoxy) is 1. The molecular formula is C25H17ClF3N5O2. The number of fused-ring (bicyclic) bond motifs is 1. The van der Waals surface area contributed by atoms with Crippen LogP contribution in [0.4, 0.5) is 13.2 Å². The maximum absolute atomic E-state index is 13.1. The van der Waals surface area contributed by atoms with Gasteiger partial charge in [0.25, 0.3) is 0 Å². The van der Waals surface area contributed by atoms with Crippen LogP contribution in [0.2, 0.25) is 5.02 Å². The molecule has 0 saturated heterocycles. The second-order valence-corrected chi connectivity index (χ2v) is 8.33. The molecule has 0 radical (unpaired) electrons. The van der Waals surface area contributed by atoms with Crippen molar-refractivity contribution in [1.29, 1.82) is 0 Å². The van der Waals surface area contributed by atoms with Gasteiger partial charge in [-0.1, -0.05) is 41.9 Å². The lowest BCUT2D eigenvalue weighted by Crippen LogP contribution is -2.23. The summed E-state index contributed by atoms with van der Waals surface area (Å²) in [5.41, 5.74) is 2.08. The van der Waals surface area contributed by atoms with Crippen LogP contribution < -0.4 is 10.4 Å². The molecule has 0 aliphatic rings. The maximum Gasteiger partial charge on any atom is 0.433 e. The van der Waals surface area contributed by atoms with Gasteiger partial charge in [-0.05, 0) is 47.0 Å². The maximum atomic E-state index is 13.1. The summed E-state index contributed by atoms with van der Waals surface area (Å²) in [7, 11) is 1.57. The molecule has 0 fully saturated rings. The van der Waals surface area contributed by atoms with Crippen LogP contribution in [-0.2, 0) is 12.7 Å². The molecule has 0 atom stereocenters. The van der Waals surface area contributed by atoms with Gasteiger partial charge in [0.05, 0.1) is 19.9 Å². The van der Waals surface area contributed by atoms with Crippen LogP contribution in [0.5, 0.6) is 5.75 Å². The third kappa shape index (κ3) is 4.42. The first-order chi connectivity index (χ1) is 17.2. The fourth-order valence-corrected chi connectivity index (χ4v) is 3.94. The highest BCUT2D eigenvalue weighted by atomic mass is 35.5. The molecular weight excluding hydrogens is 495 g/mol. The molecule has 3 heterocycles. The second kappa shape index (κ2) is 9.12. The Bertz CT molecular complexity index is 1590. The summed E-state index contributed by atoms with van der Waals surface area (Å²) < 4.78 is 46.1. The molecule has 5 aromatic rings. The zero-order valence-electron chi connectivity index (χ0n) is 18.7. The Morgan fingerprint density at radius 2 is 1.64 bits per heavy atom. The summed E-state index contributed by atoms with van der Waals surface area (Å²) in [5.74, 6) is 0.662. The standard InChI is InChI=1S/C25H17ClF3N5O2/c1-36-19-9-5-17(6-10-19)22-20(16-3-7-18(26)8-4-16)13-31-34-23(22)32-33(24(34)35)14-15-2-11-21(30-12-15)25(27,28)29/h2-13H,14H2,1H3. The van der Waals surface area contributed by atoms with E-state index in [1.807, 2.05) is 24.3 Å². The molecule has 7 nitrogen and oxygen atoms in total. The predicted molar refractivity (Wildman–Crippen MR) is 128 cm³/mol. The Labute approximate surface area is 207 Å². The number of hydrogen-bond acceptors (Lipinski definition) is 5. The Kier molecular flexibility index (Phi) is 5.97. The largest absolute Gasteiger partial charge is 0.497 e. The molecule has 0 bridgehead atoms. The minimum Gasteiger partial charge on any atom is -0.497 e. The van der Waals surface area contributed by atoms with Crippen molar-refractivity contribution in [3.8, 4) is 28.0 Å². The van der Waals surface area contributed by atoms with Crippen LogP contribution in [0, 0.1) is 0 Å². The summed E-state index contributed by atoms with van der Waals surface area (Å²) in [6, 6.07) is 16.6. The van der Waals surface area contributed by atoms with E-state index in [-0.39, 0.29) is 12.2 Å². The van der Waals surface area contributed by atoms with E-state index >= 15 is 0 Å². The highest BCUT2D eigenvalue weighted by Crippen LogP contribution is 2.35. The second-order valence-electron chi connectivity index (χ2n) is 7.89. The number of rotatable bonds is 5. The fraction of sp³-hybridized carbons (Fsp3) is 0.120. The highest BCUT2D eigenvalue weighted by Gasteiger charge is 2.32. The van der Waals surface area contributed by atoms with Gasteiger partial charge in [0.1, 0.15) is 11.4 Å². The van der Waals surface area contributed by atoms with Crippen molar-refractivity contribution in [1.82, 2.24) is 24.4 Å². The minimum atomic E-state index is -4.55. The van der Waals surface area contributed by atoms with Crippen LogP contribution in [0.1, 0.15) is 11.3 Å². The minimum absolute atomic E-state index is 0.0777. The van der Waals surface area contributed by atoms with E-state index in [1.54, 1.807) is 37.6 Å². The van der Waals surface area contributed by atoms with E-state index in [0.29, 0.717) is 21.9 Å². The Morgan fingerprint density at radius 1 is 0.944 bits per heavy atom. The van der Waals surface area contributed by atoms with E-state index < -0.39 is 17.6 Å². The molecule has 0 aliphatic heterocycles. The molecule has 5 rings (SSSR count). The molecule has 182 valence electrons. The summed E-state index contributed by atoms with van der Waals surface area (Å²) in [6.45, 7) is -0.0777. The smallest absolute Gasteiger partial charge is 0.433 e. The summed E-state index contributed by atoms with van der Waals surface area (Å²) >= 11 is 6.06. The first-order valence-electron chi connectivity index (χ1n) is 10.7. The number of hydrogen-bond donors (Lipinski definition) is 0. The average molecular weight is 512 g/mol. The van der Waals surface area contributed by atoms with Crippen molar-refractivity contribution < 1.29 is 17.9 Å². The lowest BCUT2D eigenvalue weighted by molar-refractivity contribution is -0.141. The molecule has 2 aromatic carbocycles. The van der Waals surface area contributed by atoms with Gasteiger partial charge >= 0.3 is 11.9 Å². The summed E-state index contributed by atoms with van der Waals surface area (Å²) in [5, 5.41) is 9.38. The number of pyridine rings is 1. The van der Waals surface area contributed by atoms with Crippen molar-refractivity contribution >= 4 is 17.2 Å². The molecule has 0 aliphatic carbocycles. The van der Waals surface area contributed by atoms with Gasteiger partial charge in [-0.15, -0.1) is 5.10 Å². The van der Waals surface area contributed by atoms with Crippen LogP contribution in [0.3, 0.4) is 0 Å². The normalized spacial score (nSPS) is 11.7. The number of alkyl halides is 3. The lowest BCUT2D eigenvalue weighted by Gasteiger charge is -2.11. The van der Waals surface area contributed by atoms with Gasteiger partial charge in [-0.25, -0.2) is 9.48 Å². The molecule has 11 heteroatoms. The third-order valence-corrected chi connectivity index (χ3v) is 5.85. The topological polar surface area (TPSA) is 74.3 Å². The van der Waals surface area contributed by atoms with Crippen LogP contribution >= 0.6 is 11.6 Å². The number of halogens is 4. The van der Waals surface area contributed by atoms with Gasteiger partial charge in [-0.2, -0.15) is 22.8 Å². The van der Waals surface area contributed by atoms with E-state index in [0.717, 1.165) is 38.2 Å². The summed E-state index contributed by atoms with van der Waals surface area (Å²) in [6.07, 6.45) is -1.90. The third-order valence-electron chi connectivity index (χ3n) is 5.59. The first-order valence-corrected chi connectivity index (χ1v) is 11.0. The predicted octanol–water partition coefficient (Wildman–Crippen LogP) is 5.35. The average Bonchev–Trinajstić information content (AvgIpc) is 3.19. The van der Waals surface area contributed by atoms with Crippen molar-refractivity contribution in [2.75, 3.05) is 7.11 Å². The van der Waals surface area contributed by atoms with Crippen molar-refractivity contribution in [2.45, 2.75) is 12.7 Å². The molecule has 3 aromatic heterocycles. The Hall–Kier alpha value is -4.18. The van der Waals surface area contributed by atoms with Crippen LogP contribution in [-0.4, -0.2) is 31.5 Å². The van der Waals surface area contributed by atoms with Gasteiger partial charge in [0.2, 0.25) is 0 Å².